The van der Waals surface area contributed by atoms with Gasteiger partial charge < -0.3 is 10.2 Å². The Hall–Kier alpha value is -2.10. The van der Waals surface area contributed by atoms with Crippen molar-refractivity contribution in [3.8, 4) is 11.4 Å². The van der Waals surface area contributed by atoms with Crippen LogP contribution in [0, 0.1) is 0 Å². The molecule has 1 N–H and O–H groups in total. The predicted molar refractivity (Wildman–Crippen MR) is 85.3 cm³/mol. The Bertz CT molecular complexity index is 561. The average molecular weight is 270 g/mol. The number of aromatic nitrogens is 2. The van der Waals surface area contributed by atoms with Crippen molar-refractivity contribution in [3.05, 3.63) is 36.0 Å². The van der Waals surface area contributed by atoms with E-state index in [1.807, 2.05) is 27.2 Å². The summed E-state index contributed by atoms with van der Waals surface area (Å²) in [7, 11) is 5.95. The maximum Gasteiger partial charge on any atom is 0.161 e. The van der Waals surface area contributed by atoms with Crippen LogP contribution in [0.1, 0.15) is 19.0 Å². The van der Waals surface area contributed by atoms with Crippen molar-refractivity contribution in [1.82, 2.24) is 9.97 Å². The topological polar surface area (TPSA) is 41.1 Å². The third-order valence-corrected chi connectivity index (χ3v) is 3.18. The van der Waals surface area contributed by atoms with Crippen LogP contribution in [0.5, 0.6) is 0 Å². The SMILES string of the molecule is CCCc1cc(NC)nc(-c2ccc(N(C)C)cc2)n1. The summed E-state index contributed by atoms with van der Waals surface area (Å²) in [5, 5.41) is 3.11. The summed E-state index contributed by atoms with van der Waals surface area (Å²) in [5.74, 6) is 1.65. The van der Waals surface area contributed by atoms with Gasteiger partial charge in [-0.05, 0) is 30.7 Å². The lowest BCUT2D eigenvalue weighted by atomic mass is 10.1. The van der Waals surface area contributed by atoms with Gasteiger partial charge in [0, 0.05) is 44.2 Å². The van der Waals surface area contributed by atoms with Crippen LogP contribution in [0.3, 0.4) is 0 Å². The number of aryl methyl sites for hydroxylation is 1. The molecule has 0 spiro atoms. The van der Waals surface area contributed by atoms with Crippen molar-refractivity contribution >= 4 is 11.5 Å². The molecule has 0 amide bonds. The van der Waals surface area contributed by atoms with Crippen LogP contribution >= 0.6 is 0 Å². The molecular weight excluding hydrogens is 248 g/mol. The van der Waals surface area contributed by atoms with Gasteiger partial charge in [-0.2, -0.15) is 0 Å². The highest BCUT2D eigenvalue weighted by atomic mass is 15.1. The molecule has 0 bridgehead atoms. The fourth-order valence-electron chi connectivity index (χ4n) is 2.05. The number of hydrogen-bond donors (Lipinski definition) is 1. The molecular formula is C16H22N4. The zero-order chi connectivity index (χ0) is 14.5. The molecule has 2 rings (SSSR count). The number of benzene rings is 1. The van der Waals surface area contributed by atoms with Crippen molar-refractivity contribution < 1.29 is 0 Å². The maximum atomic E-state index is 4.65. The van der Waals surface area contributed by atoms with E-state index in [1.54, 1.807) is 0 Å². The Morgan fingerprint density at radius 3 is 2.35 bits per heavy atom. The van der Waals surface area contributed by atoms with Gasteiger partial charge in [0.2, 0.25) is 0 Å². The van der Waals surface area contributed by atoms with Crippen LogP contribution in [0.2, 0.25) is 0 Å². The molecule has 0 radical (unpaired) electrons. The van der Waals surface area contributed by atoms with Crippen molar-refractivity contribution in [2.24, 2.45) is 0 Å². The summed E-state index contributed by atoms with van der Waals surface area (Å²) in [6.07, 6.45) is 2.05. The van der Waals surface area contributed by atoms with E-state index in [0.717, 1.165) is 35.7 Å². The highest BCUT2D eigenvalue weighted by molar-refractivity contribution is 5.61. The Labute approximate surface area is 120 Å². The zero-order valence-corrected chi connectivity index (χ0v) is 12.6. The van der Waals surface area contributed by atoms with E-state index >= 15 is 0 Å². The number of anilines is 2. The molecule has 0 fully saturated rings. The molecule has 0 atom stereocenters. The minimum absolute atomic E-state index is 0.783. The van der Waals surface area contributed by atoms with Crippen LogP contribution in [-0.4, -0.2) is 31.1 Å². The number of nitrogens with one attached hydrogen (secondary N) is 1. The van der Waals surface area contributed by atoms with Crippen LogP contribution in [0.15, 0.2) is 30.3 Å². The van der Waals surface area contributed by atoms with Gasteiger partial charge >= 0.3 is 0 Å². The molecule has 0 saturated carbocycles. The molecule has 0 aliphatic rings. The van der Waals surface area contributed by atoms with Gasteiger partial charge in [0.05, 0.1) is 0 Å². The van der Waals surface area contributed by atoms with Crippen LogP contribution < -0.4 is 10.2 Å². The molecule has 0 aliphatic carbocycles. The van der Waals surface area contributed by atoms with Crippen LogP contribution in [0.25, 0.3) is 11.4 Å². The Kier molecular flexibility index (Phi) is 4.56. The first-order valence-electron chi connectivity index (χ1n) is 6.97. The van der Waals surface area contributed by atoms with Gasteiger partial charge in [-0.15, -0.1) is 0 Å². The normalized spacial score (nSPS) is 10.4. The standard InChI is InChI=1S/C16H22N4/c1-5-6-13-11-15(17-2)19-16(18-13)12-7-9-14(10-8-12)20(3)4/h7-11H,5-6H2,1-4H3,(H,17,18,19). The maximum absolute atomic E-state index is 4.65. The van der Waals surface area contributed by atoms with Crippen LogP contribution in [0.4, 0.5) is 11.5 Å². The van der Waals surface area contributed by atoms with E-state index in [2.05, 4.69) is 51.4 Å². The van der Waals surface area contributed by atoms with Gasteiger partial charge in [0.25, 0.3) is 0 Å². The molecule has 4 nitrogen and oxygen atoms in total. The van der Waals surface area contributed by atoms with Crippen molar-refractivity contribution in [3.63, 3.8) is 0 Å². The smallest absolute Gasteiger partial charge is 0.161 e. The van der Waals surface area contributed by atoms with Gasteiger partial charge in [-0.25, -0.2) is 9.97 Å². The largest absolute Gasteiger partial charge is 0.378 e. The number of nitrogens with zero attached hydrogens (tertiary/aromatic N) is 3. The summed E-state index contributed by atoms with van der Waals surface area (Å²) in [6.45, 7) is 2.16. The second kappa shape index (κ2) is 6.37. The van der Waals surface area contributed by atoms with E-state index in [-0.39, 0.29) is 0 Å². The van der Waals surface area contributed by atoms with Gasteiger partial charge in [0.1, 0.15) is 5.82 Å². The molecule has 0 saturated heterocycles. The van der Waals surface area contributed by atoms with E-state index in [1.165, 1.54) is 5.69 Å². The second-order valence-corrected chi connectivity index (χ2v) is 5.01. The summed E-state index contributed by atoms with van der Waals surface area (Å²) in [6, 6.07) is 10.3. The first-order valence-corrected chi connectivity index (χ1v) is 6.97. The predicted octanol–water partition coefficient (Wildman–Crippen LogP) is 3.20. The molecule has 1 heterocycles. The minimum atomic E-state index is 0.783. The van der Waals surface area contributed by atoms with Gasteiger partial charge in [0.15, 0.2) is 5.82 Å². The third-order valence-electron chi connectivity index (χ3n) is 3.18. The lowest BCUT2D eigenvalue weighted by Crippen LogP contribution is -2.08. The van der Waals surface area contributed by atoms with Crippen molar-refractivity contribution in [1.29, 1.82) is 0 Å². The van der Waals surface area contributed by atoms with Crippen molar-refractivity contribution in [2.45, 2.75) is 19.8 Å². The van der Waals surface area contributed by atoms with Crippen molar-refractivity contribution in [2.75, 3.05) is 31.4 Å². The molecule has 0 unspecified atom stereocenters. The summed E-state index contributed by atoms with van der Waals surface area (Å²) < 4.78 is 0. The Balaban J connectivity index is 2.37. The minimum Gasteiger partial charge on any atom is -0.378 e. The van der Waals surface area contributed by atoms with E-state index < -0.39 is 0 Å². The lowest BCUT2D eigenvalue weighted by molar-refractivity contribution is 0.876. The van der Waals surface area contributed by atoms with E-state index in [9.17, 15) is 0 Å². The molecule has 2 aromatic rings. The first kappa shape index (κ1) is 14.3. The van der Waals surface area contributed by atoms with Gasteiger partial charge in [-0.1, -0.05) is 13.3 Å². The molecule has 1 aromatic heterocycles. The molecule has 106 valence electrons. The number of rotatable bonds is 5. The molecule has 4 heteroatoms. The van der Waals surface area contributed by atoms with Gasteiger partial charge in [-0.3, -0.25) is 0 Å². The summed E-state index contributed by atoms with van der Waals surface area (Å²) in [5.41, 5.74) is 3.30. The molecule has 0 aliphatic heterocycles. The lowest BCUT2D eigenvalue weighted by Gasteiger charge is -2.13. The van der Waals surface area contributed by atoms with E-state index in [0.29, 0.717) is 0 Å². The highest BCUT2D eigenvalue weighted by Crippen LogP contribution is 2.21. The summed E-state index contributed by atoms with van der Waals surface area (Å²) >= 11 is 0. The van der Waals surface area contributed by atoms with Crippen LogP contribution in [-0.2, 0) is 6.42 Å². The second-order valence-electron chi connectivity index (χ2n) is 5.01. The Morgan fingerprint density at radius 2 is 1.80 bits per heavy atom. The Morgan fingerprint density at radius 1 is 1.10 bits per heavy atom. The first-order chi connectivity index (χ1) is 9.63. The monoisotopic (exact) mass is 270 g/mol. The summed E-state index contributed by atoms with van der Waals surface area (Å²) in [4.78, 5) is 11.3. The number of hydrogen-bond acceptors (Lipinski definition) is 4. The highest BCUT2D eigenvalue weighted by Gasteiger charge is 2.06. The average Bonchev–Trinajstić information content (AvgIpc) is 2.47. The molecule has 1 aromatic carbocycles. The third kappa shape index (κ3) is 3.26. The molecule has 20 heavy (non-hydrogen) atoms. The van der Waals surface area contributed by atoms with E-state index in [4.69, 9.17) is 0 Å². The fraction of sp³-hybridized carbons (Fsp3) is 0.375. The quantitative estimate of drug-likeness (QED) is 0.906. The zero-order valence-electron chi connectivity index (χ0n) is 12.6. The fourth-order valence-corrected chi connectivity index (χ4v) is 2.05.